The summed E-state index contributed by atoms with van der Waals surface area (Å²) in [5, 5.41) is 3.16. The third kappa shape index (κ3) is 4.19. The van der Waals surface area contributed by atoms with E-state index in [1.165, 1.54) is 6.26 Å². The van der Waals surface area contributed by atoms with Crippen LogP contribution in [0, 0.1) is 0 Å². The van der Waals surface area contributed by atoms with Crippen LogP contribution in [-0.2, 0) is 0 Å². The van der Waals surface area contributed by atoms with Gasteiger partial charge in [0.2, 0.25) is 5.95 Å². The second kappa shape index (κ2) is 7.15. The first-order valence-electron chi connectivity index (χ1n) is 8.57. The molecule has 26 heavy (non-hydrogen) atoms. The number of carbonyl (C=O) groups is 2. The van der Waals surface area contributed by atoms with Crippen molar-refractivity contribution in [2.75, 3.05) is 31.5 Å². The summed E-state index contributed by atoms with van der Waals surface area (Å²) in [4.78, 5) is 36.9. The van der Waals surface area contributed by atoms with Crippen molar-refractivity contribution in [3.8, 4) is 0 Å². The lowest BCUT2D eigenvalue weighted by atomic mass is 10.1. The fourth-order valence-electron chi connectivity index (χ4n) is 2.70. The van der Waals surface area contributed by atoms with Gasteiger partial charge in [0.25, 0.3) is 11.8 Å². The molecule has 1 aliphatic heterocycles. The van der Waals surface area contributed by atoms with Crippen LogP contribution in [0.3, 0.4) is 0 Å². The Morgan fingerprint density at radius 2 is 1.73 bits per heavy atom. The van der Waals surface area contributed by atoms with Gasteiger partial charge >= 0.3 is 0 Å². The Morgan fingerprint density at radius 3 is 2.31 bits per heavy atom. The second-order valence-electron chi connectivity index (χ2n) is 7.20. The van der Waals surface area contributed by atoms with Crippen LogP contribution in [0.2, 0.25) is 0 Å². The molecule has 0 saturated carbocycles. The lowest BCUT2D eigenvalue weighted by molar-refractivity contribution is 0.0515. The average molecular weight is 357 g/mol. The van der Waals surface area contributed by atoms with Crippen molar-refractivity contribution in [2.24, 2.45) is 0 Å². The summed E-state index contributed by atoms with van der Waals surface area (Å²) in [7, 11) is 0. The number of hydrogen-bond acceptors (Lipinski definition) is 6. The summed E-state index contributed by atoms with van der Waals surface area (Å²) < 4.78 is 5.15. The number of amides is 2. The van der Waals surface area contributed by atoms with Gasteiger partial charge in [-0.3, -0.25) is 9.59 Å². The summed E-state index contributed by atoms with van der Waals surface area (Å²) in [5.74, 6) is 0.434. The van der Waals surface area contributed by atoms with Gasteiger partial charge in [0.15, 0.2) is 5.76 Å². The van der Waals surface area contributed by atoms with E-state index in [4.69, 9.17) is 4.42 Å². The molecule has 3 heterocycles. The number of furan rings is 1. The van der Waals surface area contributed by atoms with E-state index in [2.05, 4.69) is 15.3 Å². The van der Waals surface area contributed by atoms with E-state index in [0.717, 1.165) is 0 Å². The highest BCUT2D eigenvalue weighted by molar-refractivity contribution is 5.93. The Hall–Kier alpha value is -2.90. The third-order valence-electron chi connectivity index (χ3n) is 3.95. The number of carbonyl (C=O) groups excluding carboxylic acids is 2. The Bertz CT molecular complexity index is 774. The zero-order chi connectivity index (χ0) is 18.7. The van der Waals surface area contributed by atoms with E-state index in [1.807, 2.05) is 20.8 Å². The molecule has 8 heteroatoms. The maximum atomic E-state index is 12.7. The van der Waals surface area contributed by atoms with Gasteiger partial charge in [0, 0.05) is 37.9 Å². The molecule has 1 fully saturated rings. The second-order valence-corrected chi connectivity index (χ2v) is 7.20. The molecule has 0 radical (unpaired) electrons. The highest BCUT2D eigenvalue weighted by Crippen LogP contribution is 2.13. The lowest BCUT2D eigenvalue weighted by Crippen LogP contribution is -2.50. The van der Waals surface area contributed by atoms with Crippen molar-refractivity contribution in [2.45, 2.75) is 26.3 Å². The molecule has 3 rings (SSSR count). The van der Waals surface area contributed by atoms with Crippen LogP contribution in [0.15, 0.2) is 35.1 Å². The van der Waals surface area contributed by atoms with Crippen molar-refractivity contribution < 1.29 is 14.0 Å². The van der Waals surface area contributed by atoms with Gasteiger partial charge in [0.1, 0.15) is 5.69 Å². The van der Waals surface area contributed by atoms with Crippen LogP contribution >= 0.6 is 0 Å². The molecule has 0 aliphatic carbocycles. The highest BCUT2D eigenvalue weighted by atomic mass is 16.3. The average Bonchev–Trinajstić information content (AvgIpc) is 3.14. The molecule has 2 aromatic rings. The minimum absolute atomic E-state index is 0.152. The molecule has 2 amide bonds. The number of rotatable bonds is 3. The minimum atomic E-state index is -0.195. The Balaban J connectivity index is 1.62. The topological polar surface area (TPSA) is 91.6 Å². The fourth-order valence-corrected chi connectivity index (χ4v) is 2.70. The molecule has 8 nitrogen and oxygen atoms in total. The summed E-state index contributed by atoms with van der Waals surface area (Å²) in [5.41, 5.74) is 0.150. The molecule has 0 unspecified atom stereocenters. The van der Waals surface area contributed by atoms with Crippen molar-refractivity contribution >= 4 is 17.8 Å². The standard InChI is InChI=1S/C18H23N5O3/c1-18(2,3)21-17-19-7-6-13(20-17)15(24)22-8-10-23(11-9-22)16(25)14-5-4-12-26-14/h4-7,12H,8-11H2,1-3H3,(H,19,20,21). The van der Waals surface area contributed by atoms with E-state index in [9.17, 15) is 9.59 Å². The van der Waals surface area contributed by atoms with Crippen LogP contribution in [0.1, 0.15) is 41.8 Å². The van der Waals surface area contributed by atoms with Gasteiger partial charge in [-0.15, -0.1) is 0 Å². The smallest absolute Gasteiger partial charge is 0.289 e. The van der Waals surface area contributed by atoms with Gasteiger partial charge in [-0.25, -0.2) is 9.97 Å². The number of aromatic nitrogens is 2. The molecule has 1 N–H and O–H groups in total. The molecule has 2 aromatic heterocycles. The summed E-state index contributed by atoms with van der Waals surface area (Å²) >= 11 is 0. The molecule has 0 bridgehead atoms. The Kier molecular flexibility index (Phi) is 4.92. The van der Waals surface area contributed by atoms with E-state index >= 15 is 0 Å². The van der Waals surface area contributed by atoms with E-state index in [-0.39, 0.29) is 17.4 Å². The monoisotopic (exact) mass is 357 g/mol. The molecule has 0 atom stereocenters. The van der Waals surface area contributed by atoms with Crippen molar-refractivity contribution in [3.05, 3.63) is 42.1 Å². The van der Waals surface area contributed by atoms with Gasteiger partial charge in [-0.05, 0) is 39.0 Å². The van der Waals surface area contributed by atoms with Gasteiger partial charge in [0.05, 0.1) is 6.26 Å². The summed E-state index contributed by atoms with van der Waals surface area (Å²) in [6, 6.07) is 4.94. The van der Waals surface area contributed by atoms with Crippen molar-refractivity contribution in [1.82, 2.24) is 19.8 Å². The number of nitrogens with zero attached hydrogens (tertiary/aromatic N) is 4. The summed E-state index contributed by atoms with van der Waals surface area (Å²) in [6.07, 6.45) is 3.05. The largest absolute Gasteiger partial charge is 0.459 e. The first-order valence-corrected chi connectivity index (χ1v) is 8.57. The molecular formula is C18H23N5O3. The van der Waals surface area contributed by atoms with Gasteiger partial charge in [-0.1, -0.05) is 0 Å². The van der Waals surface area contributed by atoms with E-state index in [0.29, 0.717) is 43.6 Å². The first kappa shape index (κ1) is 17.9. The molecule has 138 valence electrons. The minimum Gasteiger partial charge on any atom is -0.459 e. The third-order valence-corrected chi connectivity index (χ3v) is 3.95. The summed E-state index contributed by atoms with van der Waals surface area (Å²) in [6.45, 7) is 7.84. The predicted octanol–water partition coefficient (Wildman–Crippen LogP) is 1.88. The maximum absolute atomic E-state index is 12.7. The Morgan fingerprint density at radius 1 is 1.08 bits per heavy atom. The van der Waals surface area contributed by atoms with Crippen LogP contribution in [0.5, 0.6) is 0 Å². The zero-order valence-corrected chi connectivity index (χ0v) is 15.2. The predicted molar refractivity (Wildman–Crippen MR) is 95.9 cm³/mol. The fraction of sp³-hybridized carbons (Fsp3) is 0.444. The number of anilines is 1. The SMILES string of the molecule is CC(C)(C)Nc1nccc(C(=O)N2CCN(C(=O)c3ccco3)CC2)n1. The number of piperazine rings is 1. The Labute approximate surface area is 152 Å². The molecule has 0 spiro atoms. The maximum Gasteiger partial charge on any atom is 0.289 e. The van der Waals surface area contributed by atoms with Gasteiger partial charge < -0.3 is 19.5 Å². The molecule has 0 aromatic carbocycles. The van der Waals surface area contributed by atoms with Crippen LogP contribution in [0.25, 0.3) is 0 Å². The van der Waals surface area contributed by atoms with Crippen LogP contribution < -0.4 is 5.32 Å². The van der Waals surface area contributed by atoms with E-state index in [1.54, 1.807) is 34.2 Å². The molecule has 1 aliphatic rings. The normalized spacial score (nSPS) is 15.0. The van der Waals surface area contributed by atoms with Crippen molar-refractivity contribution in [3.63, 3.8) is 0 Å². The van der Waals surface area contributed by atoms with Crippen LogP contribution in [-0.4, -0.2) is 63.3 Å². The number of nitrogens with one attached hydrogen (secondary N) is 1. The van der Waals surface area contributed by atoms with Crippen molar-refractivity contribution in [1.29, 1.82) is 0 Å². The van der Waals surface area contributed by atoms with E-state index < -0.39 is 0 Å². The number of hydrogen-bond donors (Lipinski definition) is 1. The quantitative estimate of drug-likeness (QED) is 0.902. The van der Waals surface area contributed by atoms with Gasteiger partial charge in [-0.2, -0.15) is 0 Å². The zero-order valence-electron chi connectivity index (χ0n) is 15.2. The first-order chi connectivity index (χ1) is 12.3. The molecule has 1 saturated heterocycles. The van der Waals surface area contributed by atoms with Crippen LogP contribution in [0.4, 0.5) is 5.95 Å². The lowest BCUT2D eigenvalue weighted by Gasteiger charge is -2.34. The highest BCUT2D eigenvalue weighted by Gasteiger charge is 2.27. The molecular weight excluding hydrogens is 334 g/mol.